The lowest BCUT2D eigenvalue weighted by molar-refractivity contribution is -0.119. The van der Waals surface area contributed by atoms with Gasteiger partial charge in [-0.25, -0.2) is 8.42 Å². The molecule has 1 heterocycles. The second-order valence-corrected chi connectivity index (χ2v) is 6.67. The van der Waals surface area contributed by atoms with Gasteiger partial charge in [0.15, 0.2) is 0 Å². The number of nitrogens with zero attached hydrogens (tertiary/aromatic N) is 1. The van der Waals surface area contributed by atoms with E-state index in [9.17, 15) is 13.2 Å². The molecule has 0 unspecified atom stereocenters. The van der Waals surface area contributed by atoms with Gasteiger partial charge in [0.1, 0.15) is 15.6 Å². The Morgan fingerprint density at radius 2 is 2.06 bits per heavy atom. The summed E-state index contributed by atoms with van der Waals surface area (Å²) < 4.78 is 22.5. The normalized spacial score (nSPS) is 11.4. The Hall–Kier alpha value is -1.23. The molecule has 0 radical (unpaired) electrons. The highest BCUT2D eigenvalue weighted by Gasteiger charge is 2.09. The zero-order valence-electron chi connectivity index (χ0n) is 10.6. The van der Waals surface area contributed by atoms with Crippen LogP contribution in [0.4, 0.5) is 0 Å². The van der Waals surface area contributed by atoms with E-state index in [1.807, 2.05) is 18.2 Å². The minimum Gasteiger partial charge on any atom is -0.300 e. The quantitative estimate of drug-likeness (QED) is 0.722. The van der Waals surface area contributed by atoms with Crippen LogP contribution in [0.2, 0.25) is 0 Å². The zero-order chi connectivity index (χ0) is 13.4. The molecule has 0 atom stereocenters. The van der Waals surface area contributed by atoms with Gasteiger partial charge in [0.05, 0.1) is 5.75 Å². The van der Waals surface area contributed by atoms with E-state index < -0.39 is 9.84 Å². The van der Waals surface area contributed by atoms with Crippen molar-refractivity contribution in [3.05, 3.63) is 30.1 Å². The molecule has 100 valence electrons. The average Bonchev–Trinajstić information content (AvgIpc) is 2.37. The lowest BCUT2D eigenvalue weighted by Gasteiger charge is -2.02. The number of hydrogen-bond acceptors (Lipinski definition) is 4. The van der Waals surface area contributed by atoms with Crippen LogP contribution in [-0.2, 0) is 21.1 Å². The van der Waals surface area contributed by atoms with Crippen molar-refractivity contribution in [3.63, 3.8) is 0 Å². The predicted octanol–water partition coefficient (Wildman–Crippen LogP) is 1.80. The number of pyridine rings is 1. The fraction of sp³-hybridized carbons (Fsp3) is 0.538. The van der Waals surface area contributed by atoms with E-state index >= 15 is 0 Å². The topological polar surface area (TPSA) is 64.1 Å². The fourth-order valence-corrected chi connectivity index (χ4v) is 2.44. The van der Waals surface area contributed by atoms with Gasteiger partial charge in [0.2, 0.25) is 0 Å². The van der Waals surface area contributed by atoms with Crippen LogP contribution in [0.1, 0.15) is 31.9 Å². The molecule has 0 bridgehead atoms. The highest BCUT2D eigenvalue weighted by atomic mass is 32.2. The maximum absolute atomic E-state index is 11.6. The second-order valence-electron chi connectivity index (χ2n) is 4.20. The van der Waals surface area contributed by atoms with E-state index in [1.54, 1.807) is 13.1 Å². The molecule has 4 nitrogen and oxygen atoms in total. The molecule has 0 aliphatic rings. The smallest absolute Gasteiger partial charge is 0.150 e. The number of aromatic nitrogens is 1. The molecule has 0 aromatic carbocycles. The van der Waals surface area contributed by atoms with Gasteiger partial charge in [-0.2, -0.15) is 0 Å². The van der Waals surface area contributed by atoms with E-state index in [0.717, 1.165) is 5.69 Å². The first kappa shape index (κ1) is 14.8. The minimum atomic E-state index is -2.95. The Balaban J connectivity index is 2.23. The SMILES string of the molecule is CCS(=O)(=O)CCCC(=O)CCc1ccccn1. The van der Waals surface area contributed by atoms with Gasteiger partial charge in [0.25, 0.3) is 0 Å². The van der Waals surface area contributed by atoms with Gasteiger partial charge in [-0.05, 0) is 25.0 Å². The van der Waals surface area contributed by atoms with E-state index in [4.69, 9.17) is 0 Å². The minimum absolute atomic E-state index is 0.104. The summed E-state index contributed by atoms with van der Waals surface area (Å²) in [7, 11) is -2.95. The lowest BCUT2D eigenvalue weighted by Crippen LogP contribution is -2.10. The van der Waals surface area contributed by atoms with Gasteiger partial charge in [0, 0.05) is 30.5 Å². The van der Waals surface area contributed by atoms with Crippen LogP contribution >= 0.6 is 0 Å². The Kier molecular flexibility index (Phi) is 5.98. The molecule has 18 heavy (non-hydrogen) atoms. The maximum atomic E-state index is 11.6. The van der Waals surface area contributed by atoms with Gasteiger partial charge >= 0.3 is 0 Å². The average molecular weight is 269 g/mol. The molecule has 1 aromatic heterocycles. The number of aryl methyl sites for hydroxylation is 1. The van der Waals surface area contributed by atoms with Crippen LogP contribution in [-0.4, -0.2) is 30.7 Å². The standard InChI is InChI=1S/C13H19NO3S/c1-2-18(16,17)11-5-7-13(15)9-8-12-6-3-4-10-14-12/h3-4,6,10H,2,5,7-9,11H2,1H3. The third kappa shape index (κ3) is 5.91. The molecular formula is C13H19NO3S. The van der Waals surface area contributed by atoms with Gasteiger partial charge < -0.3 is 0 Å². The molecule has 0 saturated carbocycles. The number of ketones is 1. The van der Waals surface area contributed by atoms with Crippen molar-refractivity contribution in [2.24, 2.45) is 0 Å². The van der Waals surface area contributed by atoms with Gasteiger partial charge in [-0.3, -0.25) is 9.78 Å². The molecule has 0 saturated heterocycles. The fourth-order valence-electron chi connectivity index (χ4n) is 1.57. The molecule has 1 rings (SSSR count). The lowest BCUT2D eigenvalue weighted by atomic mass is 10.1. The zero-order valence-corrected chi connectivity index (χ0v) is 11.4. The number of carbonyl (C=O) groups excluding carboxylic acids is 1. The summed E-state index contributed by atoms with van der Waals surface area (Å²) in [5.74, 6) is 0.362. The first-order chi connectivity index (χ1) is 8.53. The highest BCUT2D eigenvalue weighted by Crippen LogP contribution is 2.04. The summed E-state index contributed by atoms with van der Waals surface area (Å²) in [6.07, 6.45) is 3.53. The summed E-state index contributed by atoms with van der Waals surface area (Å²) in [6, 6.07) is 5.61. The van der Waals surface area contributed by atoms with Crippen molar-refractivity contribution >= 4 is 15.6 Å². The first-order valence-corrected chi connectivity index (χ1v) is 7.97. The Morgan fingerprint density at radius 1 is 1.28 bits per heavy atom. The third-order valence-corrected chi connectivity index (χ3v) is 4.53. The summed E-state index contributed by atoms with van der Waals surface area (Å²) in [5.41, 5.74) is 0.895. The number of sulfone groups is 1. The summed E-state index contributed by atoms with van der Waals surface area (Å²) in [6.45, 7) is 1.62. The van der Waals surface area contributed by atoms with Crippen LogP contribution in [0, 0.1) is 0 Å². The molecule has 5 heteroatoms. The Morgan fingerprint density at radius 3 is 2.67 bits per heavy atom. The number of hydrogen-bond donors (Lipinski definition) is 0. The summed E-state index contributed by atoms with van der Waals surface area (Å²) in [5, 5.41) is 0. The molecule has 0 spiro atoms. The summed E-state index contributed by atoms with van der Waals surface area (Å²) in [4.78, 5) is 15.7. The van der Waals surface area contributed by atoms with Crippen LogP contribution in [0.25, 0.3) is 0 Å². The van der Waals surface area contributed by atoms with Crippen LogP contribution in [0.3, 0.4) is 0 Å². The molecule has 0 amide bonds. The number of Topliss-reactive ketones (excluding diaryl/α,β-unsaturated/α-hetero) is 1. The van der Waals surface area contributed by atoms with E-state index in [0.29, 0.717) is 25.7 Å². The third-order valence-electron chi connectivity index (χ3n) is 2.74. The molecule has 0 aliphatic carbocycles. The molecular weight excluding hydrogens is 250 g/mol. The highest BCUT2D eigenvalue weighted by molar-refractivity contribution is 7.91. The van der Waals surface area contributed by atoms with Crippen LogP contribution in [0.5, 0.6) is 0 Å². The van der Waals surface area contributed by atoms with E-state index in [-0.39, 0.29) is 17.3 Å². The van der Waals surface area contributed by atoms with Crippen LogP contribution < -0.4 is 0 Å². The molecule has 0 N–H and O–H groups in total. The molecule has 0 aliphatic heterocycles. The molecule has 0 fully saturated rings. The monoisotopic (exact) mass is 269 g/mol. The van der Waals surface area contributed by atoms with Crippen molar-refractivity contribution < 1.29 is 13.2 Å². The van der Waals surface area contributed by atoms with Gasteiger partial charge in [-0.15, -0.1) is 0 Å². The van der Waals surface area contributed by atoms with E-state index in [1.165, 1.54) is 0 Å². The Bertz CT molecular complexity index is 468. The van der Waals surface area contributed by atoms with Crippen molar-refractivity contribution in [1.29, 1.82) is 0 Å². The van der Waals surface area contributed by atoms with Crippen molar-refractivity contribution in [2.45, 2.75) is 32.6 Å². The number of carbonyl (C=O) groups is 1. The van der Waals surface area contributed by atoms with E-state index in [2.05, 4.69) is 4.98 Å². The summed E-state index contributed by atoms with van der Waals surface area (Å²) >= 11 is 0. The largest absolute Gasteiger partial charge is 0.300 e. The van der Waals surface area contributed by atoms with Crippen molar-refractivity contribution in [2.75, 3.05) is 11.5 Å². The second kappa shape index (κ2) is 7.26. The first-order valence-electron chi connectivity index (χ1n) is 6.15. The maximum Gasteiger partial charge on any atom is 0.150 e. The Labute approximate surface area is 108 Å². The number of rotatable bonds is 8. The van der Waals surface area contributed by atoms with Crippen molar-refractivity contribution in [3.8, 4) is 0 Å². The van der Waals surface area contributed by atoms with Crippen molar-refractivity contribution in [1.82, 2.24) is 4.98 Å². The molecule has 1 aromatic rings. The predicted molar refractivity (Wildman–Crippen MR) is 71.1 cm³/mol. The van der Waals surface area contributed by atoms with Gasteiger partial charge in [-0.1, -0.05) is 13.0 Å². The van der Waals surface area contributed by atoms with Crippen LogP contribution in [0.15, 0.2) is 24.4 Å².